The molecule has 0 bridgehead atoms. The van der Waals surface area contributed by atoms with Crippen LogP contribution in [-0.2, 0) is 10.4 Å². The fourth-order valence-corrected chi connectivity index (χ4v) is 3.64. The van der Waals surface area contributed by atoms with Crippen molar-refractivity contribution >= 4 is 11.6 Å². The van der Waals surface area contributed by atoms with Crippen LogP contribution in [0.15, 0.2) is 12.1 Å². The Morgan fingerprint density at radius 2 is 1.90 bits per heavy atom. The second kappa shape index (κ2) is 4.85. The number of carbonyl (C=O) groups is 1. The quantitative estimate of drug-likeness (QED) is 0.774. The van der Waals surface area contributed by atoms with Gasteiger partial charge >= 0.3 is 0 Å². The summed E-state index contributed by atoms with van der Waals surface area (Å²) in [4.78, 5) is 12.3. The molecule has 1 amide bonds. The van der Waals surface area contributed by atoms with Gasteiger partial charge < -0.3 is 10.4 Å². The number of anilines is 1. The van der Waals surface area contributed by atoms with E-state index in [1.807, 2.05) is 0 Å². The lowest BCUT2D eigenvalue weighted by molar-refractivity contribution is -0.140. The zero-order chi connectivity index (χ0) is 14.3. The Kier molecular flexibility index (Phi) is 3.28. The minimum Gasteiger partial charge on any atom is -0.375 e. The molecule has 1 unspecified atom stereocenters. The van der Waals surface area contributed by atoms with E-state index in [0.29, 0.717) is 16.8 Å². The molecule has 1 aromatic rings. The number of aliphatic hydroxyl groups is 1. The number of halogens is 1. The molecule has 1 atom stereocenters. The van der Waals surface area contributed by atoms with E-state index in [0.717, 1.165) is 38.5 Å². The van der Waals surface area contributed by atoms with E-state index in [4.69, 9.17) is 0 Å². The van der Waals surface area contributed by atoms with Gasteiger partial charge in [0.05, 0.1) is 5.69 Å². The van der Waals surface area contributed by atoms with Gasteiger partial charge in [0.15, 0.2) is 5.60 Å². The SMILES string of the molecule is Cc1cc(F)cc2c1NC(=O)C2(O)C1CCCCCC1. The van der Waals surface area contributed by atoms with Crippen molar-refractivity contribution in [2.24, 2.45) is 5.92 Å². The van der Waals surface area contributed by atoms with Crippen molar-refractivity contribution in [3.8, 4) is 0 Å². The number of hydrogen-bond donors (Lipinski definition) is 2. The molecule has 0 saturated heterocycles. The van der Waals surface area contributed by atoms with Crippen molar-refractivity contribution in [2.75, 3.05) is 5.32 Å². The summed E-state index contributed by atoms with van der Waals surface area (Å²) in [5.41, 5.74) is 0.111. The zero-order valence-electron chi connectivity index (χ0n) is 11.7. The van der Waals surface area contributed by atoms with Gasteiger partial charge in [0, 0.05) is 11.5 Å². The lowest BCUT2D eigenvalue weighted by Crippen LogP contribution is -2.41. The second-order valence-corrected chi connectivity index (χ2v) is 6.05. The highest BCUT2D eigenvalue weighted by Crippen LogP contribution is 2.47. The fraction of sp³-hybridized carbons (Fsp3) is 0.562. The van der Waals surface area contributed by atoms with Gasteiger partial charge in [0.1, 0.15) is 5.82 Å². The van der Waals surface area contributed by atoms with Crippen LogP contribution in [0.4, 0.5) is 10.1 Å². The van der Waals surface area contributed by atoms with E-state index >= 15 is 0 Å². The van der Waals surface area contributed by atoms with Crippen molar-refractivity contribution in [3.05, 3.63) is 29.1 Å². The third-order valence-corrected chi connectivity index (χ3v) is 4.74. The van der Waals surface area contributed by atoms with Gasteiger partial charge in [-0.3, -0.25) is 4.79 Å². The maximum Gasteiger partial charge on any atom is 0.261 e. The van der Waals surface area contributed by atoms with Gasteiger partial charge in [-0.15, -0.1) is 0 Å². The summed E-state index contributed by atoms with van der Waals surface area (Å²) in [6.07, 6.45) is 5.96. The minimum atomic E-state index is -1.56. The van der Waals surface area contributed by atoms with E-state index in [1.54, 1.807) is 6.92 Å². The Morgan fingerprint density at radius 1 is 1.25 bits per heavy atom. The van der Waals surface area contributed by atoms with E-state index < -0.39 is 17.3 Å². The van der Waals surface area contributed by atoms with Gasteiger partial charge in [-0.1, -0.05) is 25.7 Å². The zero-order valence-corrected chi connectivity index (χ0v) is 11.7. The van der Waals surface area contributed by atoms with Gasteiger partial charge in [-0.2, -0.15) is 0 Å². The lowest BCUT2D eigenvalue weighted by atomic mass is 9.77. The van der Waals surface area contributed by atoms with Crippen molar-refractivity contribution in [1.82, 2.24) is 0 Å². The van der Waals surface area contributed by atoms with Crippen LogP contribution in [0.1, 0.15) is 49.7 Å². The topological polar surface area (TPSA) is 49.3 Å². The Hall–Kier alpha value is -1.42. The molecule has 1 heterocycles. The maximum absolute atomic E-state index is 13.7. The van der Waals surface area contributed by atoms with Crippen LogP contribution in [0, 0.1) is 18.7 Å². The molecular formula is C16H20FNO2. The van der Waals surface area contributed by atoms with Crippen LogP contribution in [-0.4, -0.2) is 11.0 Å². The molecular weight excluding hydrogens is 257 g/mol. The molecule has 0 aromatic heterocycles. The molecule has 1 aliphatic carbocycles. The fourth-order valence-electron chi connectivity index (χ4n) is 3.64. The number of benzene rings is 1. The smallest absolute Gasteiger partial charge is 0.261 e. The summed E-state index contributed by atoms with van der Waals surface area (Å²) in [6, 6.07) is 2.70. The first-order valence-electron chi connectivity index (χ1n) is 7.38. The highest BCUT2D eigenvalue weighted by atomic mass is 19.1. The number of rotatable bonds is 1. The highest BCUT2D eigenvalue weighted by molar-refractivity contribution is 6.05. The standard InChI is InChI=1S/C16H20FNO2/c1-10-8-12(17)9-13-14(10)18-15(19)16(13,20)11-6-4-2-3-5-7-11/h8-9,11,20H,2-7H2,1H3,(H,18,19). The number of fused-ring (bicyclic) bond motifs is 1. The first-order chi connectivity index (χ1) is 9.53. The Morgan fingerprint density at radius 3 is 2.55 bits per heavy atom. The van der Waals surface area contributed by atoms with Crippen LogP contribution in [0.5, 0.6) is 0 Å². The summed E-state index contributed by atoms with van der Waals surface area (Å²) in [7, 11) is 0. The van der Waals surface area contributed by atoms with E-state index in [2.05, 4.69) is 5.32 Å². The van der Waals surface area contributed by atoms with Crippen LogP contribution in [0.3, 0.4) is 0 Å². The van der Waals surface area contributed by atoms with Crippen molar-refractivity contribution in [3.63, 3.8) is 0 Å². The molecule has 1 aromatic carbocycles. The molecule has 1 fully saturated rings. The van der Waals surface area contributed by atoms with Gasteiger partial charge in [-0.25, -0.2) is 4.39 Å². The predicted molar refractivity (Wildman–Crippen MR) is 74.9 cm³/mol. The number of amides is 1. The molecule has 108 valence electrons. The van der Waals surface area contributed by atoms with Gasteiger partial charge in [-0.05, 0) is 37.5 Å². The molecule has 1 saturated carbocycles. The number of carbonyl (C=O) groups excluding carboxylic acids is 1. The van der Waals surface area contributed by atoms with Crippen molar-refractivity contribution in [2.45, 2.75) is 51.0 Å². The first kappa shape index (κ1) is 13.6. The van der Waals surface area contributed by atoms with Gasteiger partial charge in [0.25, 0.3) is 5.91 Å². The maximum atomic E-state index is 13.7. The summed E-state index contributed by atoms with van der Waals surface area (Å²) in [5.74, 6) is -0.912. The molecule has 3 nitrogen and oxygen atoms in total. The Bertz CT molecular complexity index is 550. The second-order valence-electron chi connectivity index (χ2n) is 6.05. The normalized spacial score (nSPS) is 27.1. The minimum absolute atomic E-state index is 0.118. The number of aryl methyl sites for hydroxylation is 1. The summed E-state index contributed by atoms with van der Waals surface area (Å²) in [6.45, 7) is 1.75. The lowest BCUT2D eigenvalue weighted by Gasteiger charge is -2.30. The Balaban J connectivity index is 2.07. The molecule has 2 N–H and O–H groups in total. The van der Waals surface area contributed by atoms with E-state index in [1.165, 1.54) is 12.1 Å². The first-order valence-corrected chi connectivity index (χ1v) is 7.38. The van der Waals surface area contributed by atoms with E-state index in [9.17, 15) is 14.3 Å². The molecule has 0 spiro atoms. The third kappa shape index (κ3) is 1.94. The predicted octanol–water partition coefficient (Wildman–Crippen LogP) is 3.24. The largest absolute Gasteiger partial charge is 0.375 e. The van der Waals surface area contributed by atoms with Crippen LogP contribution in [0.2, 0.25) is 0 Å². The third-order valence-electron chi connectivity index (χ3n) is 4.74. The summed E-state index contributed by atoms with van der Waals surface area (Å²) < 4.78 is 13.7. The number of nitrogens with one attached hydrogen (secondary N) is 1. The van der Waals surface area contributed by atoms with Crippen LogP contribution < -0.4 is 5.32 Å². The summed E-state index contributed by atoms with van der Waals surface area (Å²) >= 11 is 0. The molecule has 2 aliphatic rings. The average Bonchev–Trinajstić information content (AvgIpc) is 2.63. The monoisotopic (exact) mass is 277 g/mol. The molecule has 0 radical (unpaired) electrons. The van der Waals surface area contributed by atoms with Crippen LogP contribution >= 0.6 is 0 Å². The molecule has 4 heteroatoms. The van der Waals surface area contributed by atoms with Crippen molar-refractivity contribution in [1.29, 1.82) is 0 Å². The van der Waals surface area contributed by atoms with Crippen LogP contribution in [0.25, 0.3) is 0 Å². The van der Waals surface area contributed by atoms with Crippen molar-refractivity contribution < 1.29 is 14.3 Å². The summed E-state index contributed by atoms with van der Waals surface area (Å²) in [5, 5.41) is 13.8. The Labute approximate surface area is 118 Å². The highest BCUT2D eigenvalue weighted by Gasteiger charge is 2.51. The van der Waals surface area contributed by atoms with E-state index in [-0.39, 0.29) is 5.92 Å². The molecule has 1 aliphatic heterocycles. The molecule has 20 heavy (non-hydrogen) atoms. The number of hydrogen-bond acceptors (Lipinski definition) is 2. The van der Waals surface area contributed by atoms with Gasteiger partial charge in [0.2, 0.25) is 0 Å². The molecule has 3 rings (SSSR count). The average molecular weight is 277 g/mol.